The summed E-state index contributed by atoms with van der Waals surface area (Å²) in [4.78, 5) is 24.5. The Labute approximate surface area is 137 Å². The number of amides is 1. The van der Waals surface area contributed by atoms with Crippen molar-refractivity contribution in [2.75, 3.05) is 0 Å². The van der Waals surface area contributed by atoms with E-state index in [1.165, 1.54) is 6.20 Å². The van der Waals surface area contributed by atoms with E-state index in [-0.39, 0.29) is 17.1 Å². The summed E-state index contributed by atoms with van der Waals surface area (Å²) in [5, 5.41) is 9.95. The van der Waals surface area contributed by atoms with Gasteiger partial charge in [-0.2, -0.15) is 5.10 Å². The second kappa shape index (κ2) is 6.53. The summed E-state index contributed by atoms with van der Waals surface area (Å²) in [7, 11) is 0. The maximum Gasteiger partial charge on any atom is 0.254 e. The molecule has 0 unspecified atom stereocenters. The van der Waals surface area contributed by atoms with Crippen molar-refractivity contribution in [2.45, 2.75) is 13.0 Å². The highest BCUT2D eigenvalue weighted by Crippen LogP contribution is 2.17. The Balaban J connectivity index is 1.74. The number of nitrogens with zero attached hydrogens (tertiary/aromatic N) is 4. The average molecular weight is 329 g/mol. The minimum atomic E-state index is -0.359. The molecule has 0 spiro atoms. The second-order valence-electron chi connectivity index (χ2n) is 4.82. The Kier molecular flexibility index (Phi) is 4.29. The van der Waals surface area contributed by atoms with Crippen molar-refractivity contribution in [3.8, 4) is 11.4 Å². The number of carbonyl (C=O) groups excluding carboxylic acids is 1. The SMILES string of the molecule is C[C@@H](NC(=O)c1cccnc1Cl)c1nc(-c2ccncc2)n[nH]1. The highest BCUT2D eigenvalue weighted by molar-refractivity contribution is 6.32. The number of nitrogens with one attached hydrogen (secondary N) is 2. The zero-order valence-electron chi connectivity index (χ0n) is 12.2. The lowest BCUT2D eigenvalue weighted by atomic mass is 10.2. The Morgan fingerprint density at radius 1 is 1.26 bits per heavy atom. The molecular weight excluding hydrogens is 316 g/mol. The van der Waals surface area contributed by atoms with Crippen LogP contribution in [0.4, 0.5) is 0 Å². The molecule has 3 heterocycles. The first-order chi connectivity index (χ1) is 11.1. The van der Waals surface area contributed by atoms with Crippen molar-refractivity contribution in [1.82, 2.24) is 30.5 Å². The summed E-state index contributed by atoms with van der Waals surface area (Å²) in [5.41, 5.74) is 1.16. The van der Waals surface area contributed by atoms with E-state index in [9.17, 15) is 4.79 Å². The Morgan fingerprint density at radius 3 is 2.78 bits per heavy atom. The fourth-order valence-electron chi connectivity index (χ4n) is 2.00. The van der Waals surface area contributed by atoms with Gasteiger partial charge in [0.2, 0.25) is 0 Å². The Bertz CT molecular complexity index is 820. The normalized spacial score (nSPS) is 11.9. The molecule has 0 saturated carbocycles. The minimum Gasteiger partial charge on any atom is -0.342 e. The second-order valence-corrected chi connectivity index (χ2v) is 5.18. The number of rotatable bonds is 4. The smallest absolute Gasteiger partial charge is 0.254 e. The molecule has 0 fully saturated rings. The zero-order valence-corrected chi connectivity index (χ0v) is 12.9. The third kappa shape index (κ3) is 3.35. The molecule has 0 aliphatic rings. The fraction of sp³-hybridized carbons (Fsp3) is 0.133. The van der Waals surface area contributed by atoms with Crippen molar-refractivity contribution < 1.29 is 4.79 Å². The van der Waals surface area contributed by atoms with E-state index in [0.717, 1.165) is 5.56 Å². The van der Waals surface area contributed by atoms with Gasteiger partial charge in [0, 0.05) is 24.2 Å². The number of hydrogen-bond acceptors (Lipinski definition) is 5. The van der Waals surface area contributed by atoms with Crippen molar-refractivity contribution in [1.29, 1.82) is 0 Å². The third-order valence-electron chi connectivity index (χ3n) is 3.20. The summed E-state index contributed by atoms with van der Waals surface area (Å²) in [6.45, 7) is 1.80. The lowest BCUT2D eigenvalue weighted by Gasteiger charge is -2.11. The van der Waals surface area contributed by atoms with Gasteiger partial charge in [0.05, 0.1) is 11.6 Å². The van der Waals surface area contributed by atoms with E-state index in [0.29, 0.717) is 17.2 Å². The summed E-state index contributed by atoms with van der Waals surface area (Å²) in [5.74, 6) is 0.769. The number of H-pyrrole nitrogens is 1. The van der Waals surface area contributed by atoms with Crippen LogP contribution in [0, 0.1) is 0 Å². The molecule has 23 heavy (non-hydrogen) atoms. The molecule has 116 valence electrons. The van der Waals surface area contributed by atoms with Gasteiger partial charge in [-0.25, -0.2) is 9.97 Å². The lowest BCUT2D eigenvalue weighted by molar-refractivity contribution is 0.0938. The maximum atomic E-state index is 12.2. The Hall–Kier alpha value is -2.80. The van der Waals surface area contributed by atoms with Gasteiger partial charge >= 0.3 is 0 Å². The van der Waals surface area contributed by atoms with Crippen LogP contribution in [0.5, 0.6) is 0 Å². The standard InChI is InChI=1S/C15H13ClN6O/c1-9(19-15(23)11-3-2-6-18-12(11)16)13-20-14(22-21-13)10-4-7-17-8-5-10/h2-9H,1H3,(H,19,23)(H,20,21,22)/t9-/m1/s1. The number of aromatic amines is 1. The van der Waals surface area contributed by atoms with Crippen LogP contribution in [-0.2, 0) is 0 Å². The molecule has 0 aromatic carbocycles. The molecule has 0 saturated heterocycles. The summed E-state index contributed by atoms with van der Waals surface area (Å²) >= 11 is 5.92. The number of hydrogen-bond donors (Lipinski definition) is 2. The molecule has 7 nitrogen and oxygen atoms in total. The molecule has 0 radical (unpaired) electrons. The van der Waals surface area contributed by atoms with Gasteiger partial charge in [0.15, 0.2) is 5.82 Å². The van der Waals surface area contributed by atoms with E-state index in [4.69, 9.17) is 11.6 Å². The van der Waals surface area contributed by atoms with E-state index in [2.05, 4.69) is 30.5 Å². The van der Waals surface area contributed by atoms with Gasteiger partial charge in [-0.1, -0.05) is 11.6 Å². The minimum absolute atomic E-state index is 0.159. The molecule has 3 aromatic rings. The number of pyridine rings is 2. The van der Waals surface area contributed by atoms with Gasteiger partial charge in [-0.3, -0.25) is 14.9 Å². The first-order valence-electron chi connectivity index (χ1n) is 6.89. The molecule has 3 aromatic heterocycles. The lowest BCUT2D eigenvalue weighted by Crippen LogP contribution is -2.27. The highest BCUT2D eigenvalue weighted by atomic mass is 35.5. The maximum absolute atomic E-state index is 12.2. The fourth-order valence-corrected chi connectivity index (χ4v) is 2.20. The molecule has 2 N–H and O–H groups in total. The first kappa shape index (κ1) is 15.1. The van der Waals surface area contributed by atoms with Crippen molar-refractivity contribution in [3.05, 3.63) is 59.4 Å². The number of halogens is 1. The van der Waals surface area contributed by atoms with Crippen molar-refractivity contribution in [2.24, 2.45) is 0 Å². The molecule has 3 rings (SSSR count). The third-order valence-corrected chi connectivity index (χ3v) is 3.50. The summed E-state index contributed by atoms with van der Waals surface area (Å²) < 4.78 is 0. The summed E-state index contributed by atoms with van der Waals surface area (Å²) in [6, 6.07) is 6.53. The molecule has 0 aliphatic heterocycles. The number of carbonyl (C=O) groups is 1. The van der Waals surface area contributed by atoms with Crippen LogP contribution >= 0.6 is 11.6 Å². The monoisotopic (exact) mass is 328 g/mol. The Morgan fingerprint density at radius 2 is 2.04 bits per heavy atom. The van der Waals surface area contributed by atoms with Crippen LogP contribution in [-0.4, -0.2) is 31.1 Å². The predicted octanol–water partition coefficient (Wildman–Crippen LogP) is 2.41. The van der Waals surface area contributed by atoms with Crippen LogP contribution in [0.1, 0.15) is 29.1 Å². The molecule has 0 bridgehead atoms. The van der Waals surface area contributed by atoms with Gasteiger partial charge in [0.25, 0.3) is 5.91 Å². The van der Waals surface area contributed by atoms with Crippen LogP contribution in [0.2, 0.25) is 5.15 Å². The highest BCUT2D eigenvalue weighted by Gasteiger charge is 2.17. The van der Waals surface area contributed by atoms with Gasteiger partial charge in [-0.05, 0) is 31.2 Å². The quantitative estimate of drug-likeness (QED) is 0.717. The van der Waals surface area contributed by atoms with Crippen LogP contribution < -0.4 is 5.32 Å². The van der Waals surface area contributed by atoms with Crippen molar-refractivity contribution in [3.63, 3.8) is 0 Å². The molecule has 1 atom stereocenters. The van der Waals surface area contributed by atoms with Gasteiger partial charge in [-0.15, -0.1) is 0 Å². The number of aromatic nitrogens is 5. The molecular formula is C15H13ClN6O. The van der Waals surface area contributed by atoms with E-state index in [1.807, 2.05) is 12.1 Å². The van der Waals surface area contributed by atoms with E-state index in [1.54, 1.807) is 31.5 Å². The van der Waals surface area contributed by atoms with Gasteiger partial charge in [0.1, 0.15) is 11.0 Å². The molecule has 1 amide bonds. The largest absolute Gasteiger partial charge is 0.342 e. The van der Waals surface area contributed by atoms with Gasteiger partial charge < -0.3 is 5.32 Å². The predicted molar refractivity (Wildman–Crippen MR) is 84.7 cm³/mol. The molecule has 0 aliphatic carbocycles. The summed E-state index contributed by atoms with van der Waals surface area (Å²) in [6.07, 6.45) is 4.86. The van der Waals surface area contributed by atoms with Crippen LogP contribution in [0.3, 0.4) is 0 Å². The van der Waals surface area contributed by atoms with E-state index >= 15 is 0 Å². The first-order valence-corrected chi connectivity index (χ1v) is 7.27. The topological polar surface area (TPSA) is 96.5 Å². The zero-order chi connectivity index (χ0) is 16.2. The van der Waals surface area contributed by atoms with Crippen LogP contribution in [0.25, 0.3) is 11.4 Å². The average Bonchev–Trinajstić information content (AvgIpc) is 3.06. The van der Waals surface area contributed by atoms with Crippen LogP contribution in [0.15, 0.2) is 42.9 Å². The van der Waals surface area contributed by atoms with Crippen molar-refractivity contribution >= 4 is 17.5 Å². The van der Waals surface area contributed by atoms with E-state index < -0.39 is 0 Å². The molecule has 8 heteroatoms.